The van der Waals surface area contributed by atoms with Crippen LogP contribution in [0.5, 0.6) is 11.5 Å². The van der Waals surface area contributed by atoms with E-state index in [0.717, 1.165) is 16.8 Å². The van der Waals surface area contributed by atoms with E-state index in [1.54, 1.807) is 30.3 Å². The Morgan fingerprint density at radius 2 is 1.64 bits per heavy atom. The molecule has 0 bridgehead atoms. The third kappa shape index (κ3) is 6.61. The van der Waals surface area contributed by atoms with Gasteiger partial charge in [0.25, 0.3) is 11.6 Å². The molecule has 11 heteroatoms. The van der Waals surface area contributed by atoms with Crippen molar-refractivity contribution in [3.8, 4) is 11.5 Å². The molecule has 0 aliphatic rings. The molecule has 0 saturated heterocycles. The van der Waals surface area contributed by atoms with Gasteiger partial charge in [0.2, 0.25) is 10.0 Å². The van der Waals surface area contributed by atoms with Crippen molar-refractivity contribution in [2.45, 2.75) is 0 Å². The van der Waals surface area contributed by atoms with Gasteiger partial charge in [-0.3, -0.25) is 19.2 Å². The molecule has 0 aromatic heterocycles. The second-order valence-corrected chi connectivity index (χ2v) is 8.69. The minimum Gasteiger partial charge on any atom is -0.457 e. The standard InChI is InChI=1S/C22H20N4O6S/c1-33(30,31)25(18-11-13-20(14-12-18)32-19-8-3-2-4-9-19)16-22(27)24-23-15-17-7-5-6-10-21(17)26(28)29/h2-15H,16H2,1H3,(H,24,27)/b23-15-. The fourth-order valence-electron chi connectivity index (χ4n) is 2.81. The first-order valence-corrected chi connectivity index (χ1v) is 11.4. The predicted octanol–water partition coefficient (Wildman–Crippen LogP) is 3.30. The van der Waals surface area contributed by atoms with Crippen LogP contribution in [0.25, 0.3) is 0 Å². The molecule has 170 valence electrons. The molecule has 0 aliphatic heterocycles. The fourth-order valence-corrected chi connectivity index (χ4v) is 3.66. The van der Waals surface area contributed by atoms with Gasteiger partial charge >= 0.3 is 0 Å². The molecule has 3 rings (SSSR count). The summed E-state index contributed by atoms with van der Waals surface area (Å²) in [7, 11) is -3.79. The number of nitrogens with one attached hydrogen (secondary N) is 1. The SMILES string of the molecule is CS(=O)(=O)N(CC(=O)N/N=C\c1ccccc1[N+](=O)[O-])c1ccc(Oc2ccccc2)cc1. The van der Waals surface area contributed by atoms with E-state index in [0.29, 0.717) is 11.5 Å². The Hall–Kier alpha value is -4.25. The topological polar surface area (TPSA) is 131 Å². The normalized spacial score (nSPS) is 11.2. The van der Waals surface area contributed by atoms with Crippen molar-refractivity contribution in [3.63, 3.8) is 0 Å². The summed E-state index contributed by atoms with van der Waals surface area (Å²) in [6.07, 6.45) is 2.10. The van der Waals surface area contributed by atoms with Crippen LogP contribution in [0.1, 0.15) is 5.56 Å². The Kier molecular flexibility index (Phi) is 7.36. The highest BCUT2D eigenvalue weighted by atomic mass is 32.2. The Balaban J connectivity index is 1.68. The first-order chi connectivity index (χ1) is 15.7. The highest BCUT2D eigenvalue weighted by molar-refractivity contribution is 7.92. The molecule has 10 nitrogen and oxygen atoms in total. The minimum atomic E-state index is -3.79. The van der Waals surface area contributed by atoms with Crippen molar-refractivity contribution >= 4 is 33.5 Å². The van der Waals surface area contributed by atoms with E-state index in [4.69, 9.17) is 4.74 Å². The van der Waals surface area contributed by atoms with Crippen LogP contribution < -0.4 is 14.5 Å². The molecule has 0 heterocycles. The molecule has 0 fully saturated rings. The molecular weight excluding hydrogens is 448 g/mol. The summed E-state index contributed by atoms with van der Waals surface area (Å²) in [6, 6.07) is 21.2. The number of hydrogen-bond acceptors (Lipinski definition) is 7. The summed E-state index contributed by atoms with van der Waals surface area (Å²) in [4.78, 5) is 22.8. The minimum absolute atomic E-state index is 0.175. The number of carbonyl (C=O) groups is 1. The van der Waals surface area contributed by atoms with Gasteiger partial charge in [0.1, 0.15) is 18.0 Å². The van der Waals surface area contributed by atoms with Crippen LogP contribution in [0.2, 0.25) is 0 Å². The quantitative estimate of drug-likeness (QED) is 0.291. The molecule has 0 atom stereocenters. The smallest absolute Gasteiger partial charge is 0.278 e. The summed E-state index contributed by atoms with van der Waals surface area (Å²) in [5.41, 5.74) is 2.47. The highest BCUT2D eigenvalue weighted by Crippen LogP contribution is 2.25. The zero-order valence-electron chi connectivity index (χ0n) is 17.5. The van der Waals surface area contributed by atoms with Gasteiger partial charge in [-0.05, 0) is 42.5 Å². The number of hydrogen-bond donors (Lipinski definition) is 1. The second-order valence-electron chi connectivity index (χ2n) is 6.79. The summed E-state index contributed by atoms with van der Waals surface area (Å²) in [6.45, 7) is -0.536. The van der Waals surface area contributed by atoms with Crippen LogP contribution >= 0.6 is 0 Å². The maximum absolute atomic E-state index is 12.3. The van der Waals surface area contributed by atoms with Crippen molar-refractivity contribution in [2.75, 3.05) is 17.1 Å². The van der Waals surface area contributed by atoms with E-state index < -0.39 is 27.4 Å². The average molecular weight is 468 g/mol. The number of nitro groups is 1. The largest absolute Gasteiger partial charge is 0.457 e. The fraction of sp³-hybridized carbons (Fsp3) is 0.0909. The number of nitrogens with zero attached hydrogens (tertiary/aromatic N) is 3. The zero-order chi connectivity index (χ0) is 23.8. The summed E-state index contributed by atoms with van der Waals surface area (Å²) >= 11 is 0. The van der Waals surface area contributed by atoms with E-state index in [1.165, 1.54) is 30.3 Å². The van der Waals surface area contributed by atoms with E-state index in [9.17, 15) is 23.3 Å². The van der Waals surface area contributed by atoms with Crippen LogP contribution in [0, 0.1) is 10.1 Å². The third-order valence-corrected chi connectivity index (χ3v) is 5.46. The van der Waals surface area contributed by atoms with Gasteiger partial charge in [0.15, 0.2) is 0 Å². The number of benzene rings is 3. The number of rotatable bonds is 9. The first kappa shape index (κ1) is 23.4. The number of hydrazone groups is 1. The lowest BCUT2D eigenvalue weighted by Gasteiger charge is -2.21. The molecule has 3 aromatic rings. The lowest BCUT2D eigenvalue weighted by molar-refractivity contribution is -0.385. The van der Waals surface area contributed by atoms with Gasteiger partial charge in [-0.25, -0.2) is 13.8 Å². The predicted molar refractivity (Wildman–Crippen MR) is 124 cm³/mol. The maximum atomic E-state index is 12.3. The molecule has 0 unspecified atom stereocenters. The highest BCUT2D eigenvalue weighted by Gasteiger charge is 2.21. The monoisotopic (exact) mass is 468 g/mol. The summed E-state index contributed by atoms with van der Waals surface area (Å²) < 4.78 is 31.1. The molecule has 33 heavy (non-hydrogen) atoms. The molecule has 1 N–H and O–H groups in total. The van der Waals surface area contributed by atoms with Crippen LogP contribution in [-0.4, -0.2) is 38.3 Å². The molecular formula is C22H20N4O6S. The number of sulfonamides is 1. The Labute approximate surface area is 190 Å². The molecule has 0 aliphatic carbocycles. The summed E-state index contributed by atoms with van der Waals surface area (Å²) in [5.74, 6) is 0.401. The number of para-hydroxylation sites is 2. The van der Waals surface area contributed by atoms with E-state index in [1.807, 2.05) is 18.2 Å². The number of nitro benzene ring substituents is 1. The second kappa shape index (κ2) is 10.4. The van der Waals surface area contributed by atoms with Crippen molar-refractivity contribution in [1.29, 1.82) is 0 Å². The van der Waals surface area contributed by atoms with Gasteiger partial charge in [-0.1, -0.05) is 30.3 Å². The van der Waals surface area contributed by atoms with Gasteiger partial charge in [-0.15, -0.1) is 0 Å². The van der Waals surface area contributed by atoms with Gasteiger partial charge in [0, 0.05) is 6.07 Å². The number of carbonyl (C=O) groups excluding carboxylic acids is 1. The van der Waals surface area contributed by atoms with E-state index in [2.05, 4.69) is 10.5 Å². The number of anilines is 1. The molecule has 1 amide bonds. The Bertz CT molecular complexity index is 1260. The van der Waals surface area contributed by atoms with E-state index >= 15 is 0 Å². The lowest BCUT2D eigenvalue weighted by Crippen LogP contribution is -2.39. The number of ether oxygens (including phenoxy) is 1. The van der Waals surface area contributed by atoms with Crippen LogP contribution in [-0.2, 0) is 14.8 Å². The maximum Gasteiger partial charge on any atom is 0.278 e. The summed E-state index contributed by atoms with van der Waals surface area (Å²) in [5, 5.41) is 14.7. The van der Waals surface area contributed by atoms with Crippen LogP contribution in [0.4, 0.5) is 11.4 Å². The van der Waals surface area contributed by atoms with Gasteiger partial charge in [0.05, 0.1) is 28.6 Å². The third-order valence-electron chi connectivity index (χ3n) is 4.32. The van der Waals surface area contributed by atoms with Gasteiger partial charge < -0.3 is 4.74 Å². The number of amides is 1. The Morgan fingerprint density at radius 1 is 1.03 bits per heavy atom. The van der Waals surface area contributed by atoms with Gasteiger partial charge in [-0.2, -0.15) is 5.10 Å². The van der Waals surface area contributed by atoms with Crippen molar-refractivity contribution < 1.29 is 22.9 Å². The molecule has 0 saturated carbocycles. The van der Waals surface area contributed by atoms with Crippen molar-refractivity contribution in [3.05, 3.63) is 94.5 Å². The van der Waals surface area contributed by atoms with Crippen molar-refractivity contribution in [1.82, 2.24) is 5.43 Å². The zero-order valence-corrected chi connectivity index (χ0v) is 18.3. The Morgan fingerprint density at radius 3 is 2.27 bits per heavy atom. The van der Waals surface area contributed by atoms with Crippen LogP contribution in [0.3, 0.4) is 0 Å². The molecule has 0 spiro atoms. The van der Waals surface area contributed by atoms with Crippen molar-refractivity contribution in [2.24, 2.45) is 5.10 Å². The van der Waals surface area contributed by atoms with Crippen LogP contribution in [0.15, 0.2) is 84.0 Å². The lowest BCUT2D eigenvalue weighted by atomic mass is 10.2. The molecule has 3 aromatic carbocycles. The first-order valence-electron chi connectivity index (χ1n) is 9.60. The molecule has 0 radical (unpaired) electrons. The van der Waals surface area contributed by atoms with E-state index in [-0.39, 0.29) is 16.9 Å². The average Bonchev–Trinajstić information content (AvgIpc) is 2.78.